The Labute approximate surface area is 108 Å². The van der Waals surface area contributed by atoms with Crippen molar-refractivity contribution in [2.75, 3.05) is 7.11 Å². The highest BCUT2D eigenvalue weighted by Crippen LogP contribution is 2.52. The molecule has 3 rings (SSSR count). The molecule has 1 fully saturated rings. The fourth-order valence-corrected chi connectivity index (χ4v) is 3.58. The zero-order valence-electron chi connectivity index (χ0n) is 11.4. The lowest BCUT2D eigenvalue weighted by Crippen LogP contribution is -2.51. The monoisotopic (exact) mass is 247 g/mol. The van der Waals surface area contributed by atoms with Gasteiger partial charge in [0.1, 0.15) is 0 Å². The SMILES string of the molecule is COC1CC(n2ccc3c2CCCC3=O)C1(C)C. The van der Waals surface area contributed by atoms with Gasteiger partial charge in [-0.05, 0) is 25.3 Å². The van der Waals surface area contributed by atoms with E-state index in [0.29, 0.717) is 24.3 Å². The van der Waals surface area contributed by atoms with Crippen molar-refractivity contribution in [3.8, 4) is 0 Å². The number of methoxy groups -OCH3 is 1. The summed E-state index contributed by atoms with van der Waals surface area (Å²) in [7, 11) is 1.79. The van der Waals surface area contributed by atoms with E-state index in [1.807, 2.05) is 6.07 Å². The molecule has 0 aromatic carbocycles. The number of nitrogens with zero attached hydrogens (tertiary/aromatic N) is 1. The molecule has 3 nitrogen and oxygen atoms in total. The highest BCUT2D eigenvalue weighted by Gasteiger charge is 2.50. The first kappa shape index (κ1) is 12.0. The summed E-state index contributed by atoms with van der Waals surface area (Å²) in [5.74, 6) is 0.315. The van der Waals surface area contributed by atoms with Crippen LogP contribution in [-0.2, 0) is 11.2 Å². The second-order valence-corrected chi connectivity index (χ2v) is 6.16. The molecule has 0 radical (unpaired) electrons. The van der Waals surface area contributed by atoms with E-state index in [0.717, 1.165) is 24.8 Å². The first-order valence-electron chi connectivity index (χ1n) is 6.81. The quantitative estimate of drug-likeness (QED) is 0.804. The summed E-state index contributed by atoms with van der Waals surface area (Å²) in [6.07, 6.45) is 6.24. The van der Waals surface area contributed by atoms with Gasteiger partial charge < -0.3 is 9.30 Å². The van der Waals surface area contributed by atoms with E-state index in [1.165, 1.54) is 5.69 Å². The van der Waals surface area contributed by atoms with Gasteiger partial charge in [0.25, 0.3) is 0 Å². The number of ketones is 1. The van der Waals surface area contributed by atoms with Crippen LogP contribution in [0.2, 0.25) is 0 Å². The van der Waals surface area contributed by atoms with Crippen LogP contribution in [0, 0.1) is 5.41 Å². The molecule has 1 aromatic rings. The van der Waals surface area contributed by atoms with Crippen LogP contribution in [-0.4, -0.2) is 23.6 Å². The summed E-state index contributed by atoms with van der Waals surface area (Å²) in [6.45, 7) is 4.51. The second-order valence-electron chi connectivity index (χ2n) is 6.16. The van der Waals surface area contributed by atoms with Crippen LogP contribution in [0.5, 0.6) is 0 Å². The van der Waals surface area contributed by atoms with E-state index in [9.17, 15) is 4.79 Å². The number of carbonyl (C=O) groups excluding carboxylic acids is 1. The zero-order chi connectivity index (χ0) is 12.9. The third-order valence-electron chi connectivity index (χ3n) is 4.89. The molecule has 98 valence electrons. The molecule has 1 aromatic heterocycles. The smallest absolute Gasteiger partial charge is 0.164 e. The van der Waals surface area contributed by atoms with Crippen LogP contribution in [0.15, 0.2) is 12.3 Å². The molecule has 0 amide bonds. The molecule has 0 spiro atoms. The molecule has 0 saturated heterocycles. The average molecular weight is 247 g/mol. The minimum Gasteiger partial charge on any atom is -0.381 e. The summed E-state index contributed by atoms with van der Waals surface area (Å²) >= 11 is 0. The van der Waals surface area contributed by atoms with Crippen LogP contribution in [0.4, 0.5) is 0 Å². The number of ether oxygens (including phenoxy) is 1. The standard InChI is InChI=1S/C15H21NO2/c1-15(2)13(9-14(15)18-3)16-8-7-10-11(16)5-4-6-12(10)17/h7-8,13-14H,4-6,9H2,1-3H3. The van der Waals surface area contributed by atoms with Gasteiger partial charge in [-0.2, -0.15) is 0 Å². The van der Waals surface area contributed by atoms with E-state index in [2.05, 4.69) is 24.6 Å². The molecule has 18 heavy (non-hydrogen) atoms. The summed E-state index contributed by atoms with van der Waals surface area (Å²) in [5, 5.41) is 0. The lowest BCUT2D eigenvalue weighted by atomic mass is 9.64. The van der Waals surface area contributed by atoms with Crippen LogP contribution in [0.1, 0.15) is 55.2 Å². The van der Waals surface area contributed by atoms with Crippen LogP contribution in [0.3, 0.4) is 0 Å². The number of rotatable bonds is 2. The summed E-state index contributed by atoms with van der Waals surface area (Å²) in [4.78, 5) is 11.9. The van der Waals surface area contributed by atoms with Crippen molar-refractivity contribution in [3.63, 3.8) is 0 Å². The van der Waals surface area contributed by atoms with Crippen molar-refractivity contribution in [1.29, 1.82) is 0 Å². The maximum absolute atomic E-state index is 11.9. The number of Topliss-reactive ketones (excluding diaryl/α,β-unsaturated/α-hetero) is 1. The lowest BCUT2D eigenvalue weighted by molar-refractivity contribution is -0.113. The number of hydrogen-bond donors (Lipinski definition) is 0. The van der Waals surface area contributed by atoms with Gasteiger partial charge in [0.15, 0.2) is 5.78 Å². The minimum absolute atomic E-state index is 0.155. The van der Waals surface area contributed by atoms with E-state index in [4.69, 9.17) is 4.74 Å². The molecule has 0 bridgehead atoms. The molecule has 2 atom stereocenters. The Hall–Kier alpha value is -1.09. The molecule has 3 heteroatoms. The summed E-state index contributed by atoms with van der Waals surface area (Å²) < 4.78 is 7.85. The first-order valence-corrected chi connectivity index (χ1v) is 6.81. The Morgan fingerprint density at radius 1 is 1.39 bits per heavy atom. The van der Waals surface area contributed by atoms with Crippen molar-refractivity contribution >= 4 is 5.78 Å². The molecule has 2 aliphatic rings. The molecule has 0 N–H and O–H groups in total. The Morgan fingerprint density at radius 3 is 2.83 bits per heavy atom. The van der Waals surface area contributed by atoms with Gasteiger partial charge in [0.05, 0.1) is 6.10 Å². The molecular weight excluding hydrogens is 226 g/mol. The van der Waals surface area contributed by atoms with Crippen LogP contribution < -0.4 is 0 Å². The normalized spacial score (nSPS) is 29.8. The van der Waals surface area contributed by atoms with Crippen molar-refractivity contribution in [2.45, 2.75) is 51.7 Å². The topological polar surface area (TPSA) is 31.2 Å². The number of fused-ring (bicyclic) bond motifs is 1. The highest BCUT2D eigenvalue weighted by atomic mass is 16.5. The van der Waals surface area contributed by atoms with Crippen molar-refractivity contribution in [2.24, 2.45) is 5.41 Å². The largest absolute Gasteiger partial charge is 0.381 e. The maximum atomic E-state index is 11.9. The summed E-state index contributed by atoms with van der Waals surface area (Å²) in [6, 6.07) is 2.48. The van der Waals surface area contributed by atoms with Gasteiger partial charge in [-0.15, -0.1) is 0 Å². The third kappa shape index (κ3) is 1.50. The molecule has 1 saturated carbocycles. The molecular formula is C15H21NO2. The minimum atomic E-state index is 0.155. The lowest BCUT2D eigenvalue weighted by Gasteiger charge is -2.52. The Bertz CT molecular complexity index is 487. The molecule has 1 heterocycles. The zero-order valence-corrected chi connectivity index (χ0v) is 11.4. The fraction of sp³-hybridized carbons (Fsp3) is 0.667. The number of aromatic nitrogens is 1. The van der Waals surface area contributed by atoms with Gasteiger partial charge in [0, 0.05) is 42.4 Å². The summed E-state index contributed by atoms with van der Waals surface area (Å²) in [5.41, 5.74) is 2.36. The molecule has 0 aliphatic heterocycles. The van der Waals surface area contributed by atoms with Crippen molar-refractivity contribution in [1.82, 2.24) is 4.57 Å². The Kier molecular flexibility index (Phi) is 2.63. The highest BCUT2D eigenvalue weighted by molar-refractivity contribution is 5.98. The number of hydrogen-bond acceptors (Lipinski definition) is 2. The molecule has 2 aliphatic carbocycles. The predicted molar refractivity (Wildman–Crippen MR) is 69.9 cm³/mol. The van der Waals surface area contributed by atoms with Gasteiger partial charge in [-0.25, -0.2) is 0 Å². The van der Waals surface area contributed by atoms with Gasteiger partial charge >= 0.3 is 0 Å². The Morgan fingerprint density at radius 2 is 2.17 bits per heavy atom. The van der Waals surface area contributed by atoms with E-state index < -0.39 is 0 Å². The van der Waals surface area contributed by atoms with E-state index in [-0.39, 0.29) is 5.41 Å². The van der Waals surface area contributed by atoms with Crippen LogP contribution in [0.25, 0.3) is 0 Å². The second kappa shape index (κ2) is 3.95. The fourth-order valence-electron chi connectivity index (χ4n) is 3.58. The Balaban J connectivity index is 1.93. The predicted octanol–water partition coefficient (Wildman–Crippen LogP) is 2.99. The van der Waals surface area contributed by atoms with Gasteiger partial charge in [-0.3, -0.25) is 4.79 Å². The third-order valence-corrected chi connectivity index (χ3v) is 4.89. The van der Waals surface area contributed by atoms with Gasteiger partial charge in [0.2, 0.25) is 0 Å². The van der Waals surface area contributed by atoms with E-state index >= 15 is 0 Å². The average Bonchev–Trinajstić information content (AvgIpc) is 2.74. The van der Waals surface area contributed by atoms with Gasteiger partial charge in [-0.1, -0.05) is 13.8 Å². The van der Waals surface area contributed by atoms with Crippen LogP contribution >= 0.6 is 0 Å². The number of carbonyl (C=O) groups is 1. The molecule has 2 unspecified atom stereocenters. The van der Waals surface area contributed by atoms with Crippen molar-refractivity contribution < 1.29 is 9.53 Å². The first-order chi connectivity index (χ1) is 8.55. The van der Waals surface area contributed by atoms with E-state index in [1.54, 1.807) is 7.11 Å². The maximum Gasteiger partial charge on any atom is 0.164 e. The van der Waals surface area contributed by atoms with Crippen molar-refractivity contribution in [3.05, 3.63) is 23.5 Å².